The number of benzene rings is 1. The first-order valence-corrected chi connectivity index (χ1v) is 6.67. The van der Waals surface area contributed by atoms with Gasteiger partial charge in [0.1, 0.15) is 11.6 Å². The average Bonchev–Trinajstić information content (AvgIpc) is 2.33. The second kappa shape index (κ2) is 6.44. The summed E-state index contributed by atoms with van der Waals surface area (Å²) in [5.74, 6) is -1.04. The molecule has 0 saturated carbocycles. The van der Waals surface area contributed by atoms with Gasteiger partial charge in [-0.05, 0) is 45.9 Å². The lowest BCUT2D eigenvalue weighted by atomic mass is 9.89. The zero-order valence-electron chi connectivity index (χ0n) is 12.3. The lowest BCUT2D eigenvalue weighted by Gasteiger charge is -2.35. The Morgan fingerprint density at radius 1 is 1.26 bits per heavy atom. The van der Waals surface area contributed by atoms with E-state index in [1.165, 1.54) is 12.1 Å². The fraction of sp³-hybridized carbons (Fsp3) is 0.600. The first-order chi connectivity index (χ1) is 8.85. The molecule has 0 aliphatic carbocycles. The number of hydrogen-bond donors (Lipinski definition) is 1. The quantitative estimate of drug-likeness (QED) is 0.851. The molecule has 0 bridgehead atoms. The number of likely N-dealkylation sites (N-methyl/N-ethyl adjacent to an activating group) is 1. The minimum absolute atomic E-state index is 0.0558. The van der Waals surface area contributed by atoms with Gasteiger partial charge < -0.3 is 10.1 Å². The Balaban J connectivity index is 3.30. The summed E-state index contributed by atoms with van der Waals surface area (Å²) in [5, 5.41) is 3.13. The van der Waals surface area contributed by atoms with Crippen LogP contribution in [0.4, 0.5) is 8.78 Å². The summed E-state index contributed by atoms with van der Waals surface area (Å²) in [6.07, 6.45) is 0. The van der Waals surface area contributed by atoms with Gasteiger partial charge in [0, 0.05) is 12.2 Å². The Hall–Kier alpha value is -1.00. The zero-order valence-corrected chi connectivity index (χ0v) is 12.3. The van der Waals surface area contributed by atoms with Crippen LogP contribution >= 0.6 is 0 Å². The molecule has 1 aromatic rings. The molecular formula is C15H23F2NO. The van der Waals surface area contributed by atoms with E-state index in [0.717, 1.165) is 0 Å². The third-order valence-electron chi connectivity index (χ3n) is 3.23. The normalized spacial score (nSPS) is 13.6. The maximum absolute atomic E-state index is 14.3. The van der Waals surface area contributed by atoms with Crippen molar-refractivity contribution < 1.29 is 13.5 Å². The van der Waals surface area contributed by atoms with Crippen molar-refractivity contribution in [3.8, 4) is 0 Å². The number of nitrogens with one attached hydrogen (secondary N) is 1. The van der Waals surface area contributed by atoms with Gasteiger partial charge >= 0.3 is 0 Å². The van der Waals surface area contributed by atoms with Crippen LogP contribution in [0.25, 0.3) is 0 Å². The van der Waals surface area contributed by atoms with E-state index in [1.807, 2.05) is 27.7 Å². The van der Waals surface area contributed by atoms with Crippen LogP contribution in [-0.4, -0.2) is 18.8 Å². The van der Waals surface area contributed by atoms with Crippen LogP contribution in [0.15, 0.2) is 12.1 Å². The summed E-state index contributed by atoms with van der Waals surface area (Å²) in [5.41, 5.74) is -0.202. The number of aryl methyl sites for hydroxylation is 1. The second-order valence-electron chi connectivity index (χ2n) is 5.12. The Bertz CT molecular complexity index is 432. The summed E-state index contributed by atoms with van der Waals surface area (Å²) in [7, 11) is 0. The SMILES string of the molecule is CCNC(c1c(F)ccc(C)c1F)C(C)(C)OCC. The molecule has 0 saturated heterocycles. The van der Waals surface area contributed by atoms with Gasteiger partial charge in [0.05, 0.1) is 11.6 Å². The van der Waals surface area contributed by atoms with Gasteiger partial charge in [-0.1, -0.05) is 13.0 Å². The van der Waals surface area contributed by atoms with Crippen molar-refractivity contribution in [1.82, 2.24) is 5.32 Å². The molecule has 1 rings (SSSR count). The topological polar surface area (TPSA) is 21.3 Å². The van der Waals surface area contributed by atoms with Gasteiger partial charge in [0.15, 0.2) is 0 Å². The highest BCUT2D eigenvalue weighted by Gasteiger charge is 2.35. The Kier molecular flexibility index (Phi) is 5.44. The van der Waals surface area contributed by atoms with Gasteiger partial charge in [-0.25, -0.2) is 8.78 Å². The predicted octanol–water partition coefficient (Wildman–Crippen LogP) is 3.74. The highest BCUT2D eigenvalue weighted by atomic mass is 19.1. The summed E-state index contributed by atoms with van der Waals surface area (Å²) in [6, 6.07) is 2.22. The Morgan fingerprint density at radius 3 is 2.42 bits per heavy atom. The smallest absolute Gasteiger partial charge is 0.133 e. The molecule has 0 amide bonds. The maximum atomic E-state index is 14.3. The van der Waals surface area contributed by atoms with E-state index in [-0.39, 0.29) is 5.56 Å². The summed E-state index contributed by atoms with van der Waals surface area (Å²) in [4.78, 5) is 0. The summed E-state index contributed by atoms with van der Waals surface area (Å²) >= 11 is 0. The van der Waals surface area contributed by atoms with E-state index in [1.54, 1.807) is 6.92 Å². The molecule has 1 unspecified atom stereocenters. The van der Waals surface area contributed by atoms with E-state index < -0.39 is 23.3 Å². The van der Waals surface area contributed by atoms with Crippen molar-refractivity contribution in [1.29, 1.82) is 0 Å². The molecule has 1 aromatic carbocycles. The molecule has 0 aliphatic rings. The van der Waals surface area contributed by atoms with Crippen molar-refractivity contribution in [3.63, 3.8) is 0 Å². The van der Waals surface area contributed by atoms with Gasteiger partial charge in [-0.3, -0.25) is 0 Å². The van der Waals surface area contributed by atoms with Crippen LogP contribution < -0.4 is 5.32 Å². The molecule has 4 heteroatoms. The number of ether oxygens (including phenoxy) is 1. The first kappa shape index (κ1) is 16.1. The van der Waals surface area contributed by atoms with Crippen molar-refractivity contribution in [2.75, 3.05) is 13.2 Å². The third-order valence-corrected chi connectivity index (χ3v) is 3.23. The lowest BCUT2D eigenvalue weighted by Crippen LogP contribution is -2.42. The molecule has 1 atom stereocenters. The standard InChI is InChI=1S/C15H23F2NO/c1-6-18-14(15(4,5)19-7-2)12-11(16)9-8-10(3)13(12)17/h8-9,14,18H,6-7H2,1-5H3. The molecule has 0 spiro atoms. The monoisotopic (exact) mass is 271 g/mol. The van der Waals surface area contributed by atoms with Crippen molar-refractivity contribution >= 4 is 0 Å². The third kappa shape index (κ3) is 3.51. The molecule has 1 N–H and O–H groups in total. The molecule has 0 fully saturated rings. The molecule has 0 aromatic heterocycles. The second-order valence-corrected chi connectivity index (χ2v) is 5.12. The van der Waals surface area contributed by atoms with Crippen molar-refractivity contribution in [2.45, 2.75) is 46.3 Å². The molecular weight excluding hydrogens is 248 g/mol. The molecule has 0 aliphatic heterocycles. The van der Waals surface area contributed by atoms with Crippen molar-refractivity contribution in [3.05, 3.63) is 34.9 Å². The van der Waals surface area contributed by atoms with Crippen LogP contribution in [0.2, 0.25) is 0 Å². The largest absolute Gasteiger partial charge is 0.374 e. The van der Waals surface area contributed by atoms with Crippen LogP contribution in [0, 0.1) is 18.6 Å². The number of rotatable bonds is 6. The molecule has 2 nitrogen and oxygen atoms in total. The minimum atomic E-state index is -0.694. The highest BCUT2D eigenvalue weighted by molar-refractivity contribution is 5.31. The molecule has 19 heavy (non-hydrogen) atoms. The van der Waals surface area contributed by atoms with Crippen LogP contribution in [-0.2, 0) is 4.74 Å². The number of hydrogen-bond acceptors (Lipinski definition) is 2. The van der Waals surface area contributed by atoms with Gasteiger partial charge in [-0.15, -0.1) is 0 Å². The van der Waals surface area contributed by atoms with E-state index >= 15 is 0 Å². The fourth-order valence-electron chi connectivity index (χ4n) is 2.30. The van der Waals surface area contributed by atoms with Crippen LogP contribution in [0.1, 0.15) is 44.9 Å². The molecule has 0 radical (unpaired) electrons. The maximum Gasteiger partial charge on any atom is 0.133 e. The zero-order chi connectivity index (χ0) is 14.6. The fourth-order valence-corrected chi connectivity index (χ4v) is 2.30. The minimum Gasteiger partial charge on any atom is -0.374 e. The van der Waals surface area contributed by atoms with Crippen LogP contribution in [0.5, 0.6) is 0 Å². The van der Waals surface area contributed by atoms with Gasteiger partial charge in [0.25, 0.3) is 0 Å². The molecule has 108 valence electrons. The highest BCUT2D eigenvalue weighted by Crippen LogP contribution is 2.33. The average molecular weight is 271 g/mol. The van der Waals surface area contributed by atoms with E-state index in [0.29, 0.717) is 18.7 Å². The Labute approximate surface area is 114 Å². The van der Waals surface area contributed by atoms with E-state index in [4.69, 9.17) is 4.74 Å². The summed E-state index contributed by atoms with van der Waals surface area (Å²) < 4.78 is 34.0. The van der Waals surface area contributed by atoms with E-state index in [9.17, 15) is 8.78 Å². The van der Waals surface area contributed by atoms with E-state index in [2.05, 4.69) is 5.32 Å². The lowest BCUT2D eigenvalue weighted by molar-refractivity contribution is -0.0405. The summed E-state index contributed by atoms with van der Waals surface area (Å²) in [6.45, 7) is 10.2. The van der Waals surface area contributed by atoms with Gasteiger partial charge in [-0.2, -0.15) is 0 Å². The first-order valence-electron chi connectivity index (χ1n) is 6.67. The van der Waals surface area contributed by atoms with Gasteiger partial charge in [0.2, 0.25) is 0 Å². The Morgan fingerprint density at radius 2 is 1.89 bits per heavy atom. The van der Waals surface area contributed by atoms with Crippen LogP contribution in [0.3, 0.4) is 0 Å². The van der Waals surface area contributed by atoms with Crippen molar-refractivity contribution in [2.24, 2.45) is 0 Å². The molecule has 0 heterocycles. The predicted molar refractivity (Wildman–Crippen MR) is 73.2 cm³/mol. The number of halogens is 2.